The molecule has 7 nitrogen and oxygen atoms in total. The first kappa shape index (κ1) is 25.8. The molecule has 0 radical (unpaired) electrons. The lowest BCUT2D eigenvalue weighted by atomic mass is 10.1. The molecular weight excluding hydrogens is 527 g/mol. The number of amides is 1. The predicted octanol–water partition coefficient (Wildman–Crippen LogP) is 3.14. The second-order valence-corrected chi connectivity index (χ2v) is 9.14. The Morgan fingerprint density at radius 3 is 2.58 bits per heavy atom. The van der Waals surface area contributed by atoms with E-state index in [1.807, 2.05) is 7.05 Å². The van der Waals surface area contributed by atoms with E-state index in [4.69, 9.17) is 0 Å². The zero-order valence-electron chi connectivity index (χ0n) is 20.0. The summed E-state index contributed by atoms with van der Waals surface area (Å²) in [5.74, 6) is 1.54. The van der Waals surface area contributed by atoms with Crippen molar-refractivity contribution in [1.82, 2.24) is 25.4 Å². The molecule has 182 valence electrons. The predicted molar refractivity (Wildman–Crippen MR) is 146 cm³/mol. The van der Waals surface area contributed by atoms with Crippen LogP contribution in [0.1, 0.15) is 36.8 Å². The third kappa shape index (κ3) is 6.62. The van der Waals surface area contributed by atoms with E-state index < -0.39 is 0 Å². The van der Waals surface area contributed by atoms with Gasteiger partial charge in [0.15, 0.2) is 5.96 Å². The number of hydrogen-bond donors (Lipinski definition) is 3. The van der Waals surface area contributed by atoms with Crippen molar-refractivity contribution in [2.45, 2.75) is 39.0 Å². The number of piperazine rings is 1. The molecule has 0 spiro atoms. The Morgan fingerprint density at radius 1 is 1.12 bits per heavy atom. The highest BCUT2D eigenvalue weighted by Gasteiger charge is 2.29. The minimum absolute atomic E-state index is 0. The fourth-order valence-electron chi connectivity index (χ4n) is 5.14. The molecule has 3 N–H and O–H groups in total. The normalized spacial score (nSPS) is 17.9. The fourth-order valence-corrected chi connectivity index (χ4v) is 5.14. The molecule has 33 heavy (non-hydrogen) atoms. The van der Waals surface area contributed by atoms with Gasteiger partial charge in [-0.25, -0.2) is 0 Å². The molecule has 0 unspecified atom stereocenters. The van der Waals surface area contributed by atoms with Crippen LogP contribution in [0.4, 0.5) is 0 Å². The largest absolute Gasteiger partial charge is 0.361 e. The number of carbonyl (C=O) groups is 1. The van der Waals surface area contributed by atoms with Gasteiger partial charge in [0.25, 0.3) is 0 Å². The standard InChI is InChI=1S/C25H38N6O.HI/c1-19-6-5-9-22-23(19)21(18-29-22)10-11-27-25(26-2)28-12-13-30-14-16-31(17-15-30)24(32)20-7-3-4-8-20;/h5-6,9,18,20,29H,3-4,7-8,10-17H2,1-2H3,(H2,26,27,28);1H. The highest BCUT2D eigenvalue weighted by molar-refractivity contribution is 14.0. The lowest BCUT2D eigenvalue weighted by Gasteiger charge is -2.36. The maximum absolute atomic E-state index is 12.6. The molecule has 1 aliphatic carbocycles. The van der Waals surface area contributed by atoms with Crippen LogP contribution in [-0.2, 0) is 11.2 Å². The molecular formula is C25H39IN6O. The highest BCUT2D eigenvalue weighted by Crippen LogP contribution is 2.27. The Morgan fingerprint density at radius 2 is 1.85 bits per heavy atom. The monoisotopic (exact) mass is 566 g/mol. The number of nitrogens with one attached hydrogen (secondary N) is 3. The Hall–Kier alpha value is -1.81. The van der Waals surface area contributed by atoms with Crippen LogP contribution in [0, 0.1) is 12.8 Å². The summed E-state index contributed by atoms with van der Waals surface area (Å²) in [5.41, 5.74) is 3.85. The number of rotatable bonds is 7. The maximum Gasteiger partial charge on any atom is 0.225 e. The van der Waals surface area contributed by atoms with Gasteiger partial charge in [-0.15, -0.1) is 24.0 Å². The van der Waals surface area contributed by atoms with Gasteiger partial charge in [0.1, 0.15) is 0 Å². The van der Waals surface area contributed by atoms with Gasteiger partial charge in [-0.3, -0.25) is 14.7 Å². The summed E-state index contributed by atoms with van der Waals surface area (Å²) in [7, 11) is 1.82. The van der Waals surface area contributed by atoms with E-state index in [0.29, 0.717) is 11.8 Å². The quantitative estimate of drug-likeness (QED) is 0.274. The van der Waals surface area contributed by atoms with Crippen LogP contribution in [0.2, 0.25) is 0 Å². The number of fused-ring (bicyclic) bond motifs is 1. The number of aryl methyl sites for hydroxylation is 1. The van der Waals surface area contributed by atoms with E-state index in [0.717, 1.165) is 71.0 Å². The number of aliphatic imine (C=N–C) groups is 1. The fraction of sp³-hybridized carbons (Fsp3) is 0.600. The minimum atomic E-state index is 0. The summed E-state index contributed by atoms with van der Waals surface area (Å²) >= 11 is 0. The Labute approximate surface area is 214 Å². The highest BCUT2D eigenvalue weighted by atomic mass is 127. The van der Waals surface area contributed by atoms with Gasteiger partial charge in [0, 0.05) is 75.9 Å². The second-order valence-electron chi connectivity index (χ2n) is 9.14. The lowest BCUT2D eigenvalue weighted by molar-refractivity contribution is -0.137. The summed E-state index contributed by atoms with van der Waals surface area (Å²) in [4.78, 5) is 24.9. The summed E-state index contributed by atoms with van der Waals surface area (Å²) < 4.78 is 0. The van der Waals surface area contributed by atoms with Crippen molar-refractivity contribution >= 4 is 46.7 Å². The number of guanidine groups is 1. The van der Waals surface area contributed by atoms with Gasteiger partial charge in [-0.05, 0) is 43.4 Å². The molecule has 1 saturated heterocycles. The van der Waals surface area contributed by atoms with Crippen LogP contribution < -0.4 is 10.6 Å². The summed E-state index contributed by atoms with van der Waals surface area (Å²) in [6.45, 7) is 8.48. The first-order chi connectivity index (χ1) is 15.7. The van der Waals surface area contributed by atoms with E-state index >= 15 is 0 Å². The maximum atomic E-state index is 12.6. The van der Waals surface area contributed by atoms with Crippen LogP contribution in [0.15, 0.2) is 29.4 Å². The Bertz CT molecular complexity index is 928. The molecule has 0 atom stereocenters. The molecule has 4 rings (SSSR count). The van der Waals surface area contributed by atoms with Crippen LogP contribution in [0.25, 0.3) is 10.9 Å². The zero-order valence-corrected chi connectivity index (χ0v) is 22.4. The smallest absolute Gasteiger partial charge is 0.225 e. The average molecular weight is 567 g/mol. The molecule has 2 heterocycles. The van der Waals surface area contributed by atoms with Crippen molar-refractivity contribution in [1.29, 1.82) is 0 Å². The van der Waals surface area contributed by atoms with Crippen LogP contribution in [-0.4, -0.2) is 79.5 Å². The number of H-pyrrole nitrogens is 1. The van der Waals surface area contributed by atoms with Crippen molar-refractivity contribution in [2.24, 2.45) is 10.9 Å². The van der Waals surface area contributed by atoms with Crippen molar-refractivity contribution in [3.05, 3.63) is 35.5 Å². The zero-order chi connectivity index (χ0) is 22.3. The van der Waals surface area contributed by atoms with Gasteiger partial charge in [0.05, 0.1) is 0 Å². The van der Waals surface area contributed by atoms with Crippen LogP contribution in [0.3, 0.4) is 0 Å². The number of carbonyl (C=O) groups excluding carboxylic acids is 1. The van der Waals surface area contributed by atoms with Crippen molar-refractivity contribution < 1.29 is 4.79 Å². The van der Waals surface area contributed by atoms with E-state index in [-0.39, 0.29) is 24.0 Å². The third-order valence-electron chi connectivity index (χ3n) is 7.02. The SMILES string of the molecule is CN=C(NCCc1c[nH]c2cccc(C)c12)NCCN1CCN(C(=O)C2CCCC2)CC1.I. The summed E-state index contributed by atoms with van der Waals surface area (Å²) in [5, 5.41) is 8.21. The van der Waals surface area contributed by atoms with Crippen LogP contribution >= 0.6 is 24.0 Å². The Kier molecular flexibility index (Phi) is 9.85. The number of aromatic amines is 1. The van der Waals surface area contributed by atoms with Gasteiger partial charge in [-0.2, -0.15) is 0 Å². The lowest BCUT2D eigenvalue weighted by Crippen LogP contribution is -2.52. The summed E-state index contributed by atoms with van der Waals surface area (Å²) in [6, 6.07) is 6.39. The van der Waals surface area contributed by atoms with Crippen molar-refractivity contribution in [2.75, 3.05) is 52.9 Å². The molecule has 1 aromatic carbocycles. The molecule has 1 aromatic heterocycles. The van der Waals surface area contributed by atoms with Crippen molar-refractivity contribution in [3.8, 4) is 0 Å². The molecule has 2 aromatic rings. The molecule has 2 aliphatic rings. The summed E-state index contributed by atoms with van der Waals surface area (Å²) in [6.07, 6.45) is 7.69. The number of halogens is 1. The molecule has 1 aliphatic heterocycles. The Balaban J connectivity index is 0.00000306. The topological polar surface area (TPSA) is 75.8 Å². The van der Waals surface area contributed by atoms with Gasteiger partial charge in [0.2, 0.25) is 5.91 Å². The number of aromatic nitrogens is 1. The van der Waals surface area contributed by atoms with E-state index in [1.54, 1.807) is 0 Å². The second kappa shape index (κ2) is 12.6. The van der Waals surface area contributed by atoms with E-state index in [9.17, 15) is 4.79 Å². The van der Waals surface area contributed by atoms with E-state index in [1.165, 1.54) is 34.9 Å². The first-order valence-electron chi connectivity index (χ1n) is 12.2. The van der Waals surface area contributed by atoms with Gasteiger partial charge in [-0.1, -0.05) is 25.0 Å². The number of hydrogen-bond acceptors (Lipinski definition) is 3. The molecule has 8 heteroatoms. The first-order valence-corrected chi connectivity index (χ1v) is 12.2. The van der Waals surface area contributed by atoms with Crippen LogP contribution in [0.5, 0.6) is 0 Å². The minimum Gasteiger partial charge on any atom is -0.361 e. The van der Waals surface area contributed by atoms with Gasteiger partial charge < -0.3 is 20.5 Å². The molecule has 1 saturated carbocycles. The van der Waals surface area contributed by atoms with E-state index in [2.05, 4.69) is 61.7 Å². The molecule has 2 fully saturated rings. The molecule has 0 bridgehead atoms. The van der Waals surface area contributed by atoms with Crippen molar-refractivity contribution in [3.63, 3.8) is 0 Å². The number of benzene rings is 1. The third-order valence-corrected chi connectivity index (χ3v) is 7.02. The molecule has 1 amide bonds. The average Bonchev–Trinajstić information content (AvgIpc) is 3.49. The number of nitrogens with zero attached hydrogens (tertiary/aromatic N) is 3. The van der Waals surface area contributed by atoms with Gasteiger partial charge >= 0.3 is 0 Å².